The second-order valence-electron chi connectivity index (χ2n) is 4.21. The minimum atomic E-state index is -0.372. The van der Waals surface area contributed by atoms with Crippen LogP contribution in [0.3, 0.4) is 0 Å². The highest BCUT2D eigenvalue weighted by Crippen LogP contribution is 2.20. The summed E-state index contributed by atoms with van der Waals surface area (Å²) < 4.78 is 12.9. The highest BCUT2D eigenvalue weighted by molar-refractivity contribution is 5.84. The van der Waals surface area contributed by atoms with Gasteiger partial charge in [0.05, 0.1) is 0 Å². The van der Waals surface area contributed by atoms with Crippen molar-refractivity contribution in [2.75, 3.05) is 18.5 Å². The maximum Gasteiger partial charge on any atom is 0.152 e. The first-order valence-electron chi connectivity index (χ1n) is 5.54. The molecule has 0 aliphatic rings. The summed E-state index contributed by atoms with van der Waals surface area (Å²) in [4.78, 5) is 12.8. The maximum atomic E-state index is 12.9. The summed E-state index contributed by atoms with van der Waals surface area (Å²) in [6.45, 7) is 5.15. The summed E-state index contributed by atoms with van der Waals surface area (Å²) in [6.07, 6.45) is 1.79. The molecule has 0 N–H and O–H groups in total. The van der Waals surface area contributed by atoms with Crippen molar-refractivity contribution < 1.29 is 9.18 Å². The first kappa shape index (κ1) is 12.7. The number of hydrogen-bond acceptors (Lipinski definition) is 2. The summed E-state index contributed by atoms with van der Waals surface area (Å²) >= 11 is 0. The Bertz CT molecular complexity index is 365. The minimum absolute atomic E-state index is 0.372. The third kappa shape index (κ3) is 3.05. The van der Waals surface area contributed by atoms with Crippen LogP contribution in [0.1, 0.15) is 30.6 Å². The van der Waals surface area contributed by atoms with Crippen LogP contribution in [-0.2, 0) is 0 Å². The van der Waals surface area contributed by atoms with Crippen molar-refractivity contribution in [1.29, 1.82) is 0 Å². The maximum absolute atomic E-state index is 12.9. The molecule has 0 aliphatic carbocycles. The Balaban J connectivity index is 2.90. The molecule has 0 saturated heterocycles. The summed E-state index contributed by atoms with van der Waals surface area (Å²) in [7, 11) is 1.92. The summed E-state index contributed by atoms with van der Waals surface area (Å²) in [6, 6.07) is 4.31. The molecule has 1 atom stereocenters. The Hall–Kier alpha value is -1.38. The molecular weight excluding hydrogens is 205 g/mol. The average molecular weight is 223 g/mol. The van der Waals surface area contributed by atoms with Gasteiger partial charge in [-0.2, -0.15) is 0 Å². The van der Waals surface area contributed by atoms with E-state index < -0.39 is 0 Å². The van der Waals surface area contributed by atoms with E-state index in [1.165, 1.54) is 12.1 Å². The zero-order valence-electron chi connectivity index (χ0n) is 10.0. The van der Waals surface area contributed by atoms with Gasteiger partial charge in [0.1, 0.15) is 5.82 Å². The van der Waals surface area contributed by atoms with Gasteiger partial charge in [0.25, 0.3) is 0 Å². The van der Waals surface area contributed by atoms with Crippen molar-refractivity contribution in [3.05, 3.63) is 29.6 Å². The number of nitrogens with zero attached hydrogens (tertiary/aromatic N) is 1. The van der Waals surface area contributed by atoms with Gasteiger partial charge in [-0.3, -0.25) is 4.79 Å². The first-order chi connectivity index (χ1) is 7.58. The zero-order valence-corrected chi connectivity index (χ0v) is 10.0. The van der Waals surface area contributed by atoms with Crippen LogP contribution in [0.2, 0.25) is 0 Å². The van der Waals surface area contributed by atoms with Crippen LogP contribution in [0.15, 0.2) is 18.2 Å². The molecule has 0 bridgehead atoms. The lowest BCUT2D eigenvalue weighted by molar-refractivity contribution is 0.112. The van der Waals surface area contributed by atoms with Crippen LogP contribution < -0.4 is 4.90 Å². The van der Waals surface area contributed by atoms with Gasteiger partial charge in [-0.25, -0.2) is 4.39 Å². The Morgan fingerprint density at radius 2 is 2.19 bits per heavy atom. The van der Waals surface area contributed by atoms with Crippen molar-refractivity contribution >= 4 is 12.0 Å². The van der Waals surface area contributed by atoms with Gasteiger partial charge < -0.3 is 4.90 Å². The van der Waals surface area contributed by atoms with Gasteiger partial charge in [-0.1, -0.05) is 20.3 Å². The molecule has 0 spiro atoms. The van der Waals surface area contributed by atoms with Gasteiger partial charge >= 0.3 is 0 Å². The number of carbonyl (C=O) groups excluding carboxylic acids is 1. The van der Waals surface area contributed by atoms with E-state index >= 15 is 0 Å². The number of rotatable bonds is 5. The number of carbonyl (C=O) groups is 1. The third-order valence-electron chi connectivity index (χ3n) is 2.81. The Morgan fingerprint density at radius 1 is 1.50 bits per heavy atom. The predicted octanol–water partition coefficient (Wildman–Crippen LogP) is 3.12. The predicted molar refractivity (Wildman–Crippen MR) is 64.5 cm³/mol. The molecule has 1 aromatic carbocycles. The van der Waals surface area contributed by atoms with Crippen LogP contribution in [-0.4, -0.2) is 19.9 Å². The molecule has 0 heterocycles. The van der Waals surface area contributed by atoms with Gasteiger partial charge in [-0.05, 0) is 24.1 Å². The fourth-order valence-corrected chi connectivity index (χ4v) is 1.66. The van der Waals surface area contributed by atoms with Gasteiger partial charge in [0.15, 0.2) is 6.29 Å². The van der Waals surface area contributed by atoms with Crippen LogP contribution in [0, 0.1) is 11.7 Å². The fraction of sp³-hybridized carbons (Fsp3) is 0.462. The third-order valence-corrected chi connectivity index (χ3v) is 2.81. The van der Waals surface area contributed by atoms with Crippen LogP contribution in [0.4, 0.5) is 10.1 Å². The molecule has 0 saturated carbocycles. The lowest BCUT2D eigenvalue weighted by atomic mass is 10.1. The molecule has 0 aliphatic heterocycles. The highest BCUT2D eigenvalue weighted by atomic mass is 19.1. The molecule has 2 nitrogen and oxygen atoms in total. The molecule has 0 radical (unpaired) electrons. The SMILES string of the molecule is CC[C@@H](C)CN(C)c1ccc(F)cc1C=O. The normalized spacial score (nSPS) is 12.2. The molecule has 88 valence electrons. The van der Waals surface area contributed by atoms with E-state index in [9.17, 15) is 9.18 Å². The average Bonchev–Trinajstić information content (AvgIpc) is 2.28. The molecule has 3 heteroatoms. The fourth-order valence-electron chi connectivity index (χ4n) is 1.66. The van der Waals surface area contributed by atoms with Gasteiger partial charge in [0.2, 0.25) is 0 Å². The monoisotopic (exact) mass is 223 g/mol. The van der Waals surface area contributed by atoms with Gasteiger partial charge in [0, 0.05) is 24.8 Å². The molecule has 0 amide bonds. The van der Waals surface area contributed by atoms with Crippen molar-refractivity contribution in [2.45, 2.75) is 20.3 Å². The standard InChI is InChI=1S/C13H18FNO/c1-4-10(2)8-15(3)13-6-5-12(14)7-11(13)9-16/h5-7,9-10H,4,8H2,1-3H3/t10-/m1/s1. The molecular formula is C13H18FNO. The smallest absolute Gasteiger partial charge is 0.152 e. The first-order valence-corrected chi connectivity index (χ1v) is 5.54. The van der Waals surface area contributed by atoms with E-state index in [1.54, 1.807) is 6.07 Å². The summed E-state index contributed by atoms with van der Waals surface area (Å²) in [5.74, 6) is 0.178. The molecule has 1 aromatic rings. The Kier molecular flexibility index (Phi) is 4.47. The van der Waals surface area contributed by atoms with Crippen molar-refractivity contribution in [1.82, 2.24) is 0 Å². The number of aldehydes is 1. The van der Waals surface area contributed by atoms with Crippen molar-refractivity contribution in [3.8, 4) is 0 Å². The topological polar surface area (TPSA) is 20.3 Å². The molecule has 16 heavy (non-hydrogen) atoms. The summed E-state index contributed by atoms with van der Waals surface area (Å²) in [5.41, 5.74) is 1.20. The quantitative estimate of drug-likeness (QED) is 0.715. The van der Waals surface area contributed by atoms with E-state index in [2.05, 4.69) is 13.8 Å². The number of anilines is 1. The van der Waals surface area contributed by atoms with E-state index in [-0.39, 0.29) is 5.82 Å². The second-order valence-corrected chi connectivity index (χ2v) is 4.21. The van der Waals surface area contributed by atoms with Crippen molar-refractivity contribution in [3.63, 3.8) is 0 Å². The summed E-state index contributed by atoms with van der Waals surface area (Å²) in [5, 5.41) is 0. The molecule has 0 unspecified atom stereocenters. The number of halogens is 1. The lowest BCUT2D eigenvalue weighted by Gasteiger charge is -2.24. The molecule has 0 fully saturated rings. The highest BCUT2D eigenvalue weighted by Gasteiger charge is 2.10. The zero-order chi connectivity index (χ0) is 12.1. The van der Waals surface area contributed by atoms with Crippen LogP contribution >= 0.6 is 0 Å². The minimum Gasteiger partial charge on any atom is -0.374 e. The van der Waals surface area contributed by atoms with Gasteiger partial charge in [-0.15, -0.1) is 0 Å². The number of benzene rings is 1. The van der Waals surface area contributed by atoms with E-state index in [4.69, 9.17) is 0 Å². The number of hydrogen-bond donors (Lipinski definition) is 0. The van der Waals surface area contributed by atoms with E-state index in [1.807, 2.05) is 11.9 Å². The van der Waals surface area contributed by atoms with Crippen molar-refractivity contribution in [2.24, 2.45) is 5.92 Å². The Labute approximate surface area is 96.1 Å². The molecule has 0 aromatic heterocycles. The lowest BCUT2D eigenvalue weighted by Crippen LogP contribution is -2.24. The van der Waals surface area contributed by atoms with Crippen LogP contribution in [0.5, 0.6) is 0 Å². The molecule has 1 rings (SSSR count). The van der Waals surface area contributed by atoms with E-state index in [0.29, 0.717) is 17.8 Å². The largest absolute Gasteiger partial charge is 0.374 e. The Morgan fingerprint density at radius 3 is 2.75 bits per heavy atom. The second kappa shape index (κ2) is 5.64. The van der Waals surface area contributed by atoms with E-state index in [0.717, 1.165) is 18.7 Å². The van der Waals surface area contributed by atoms with Crippen LogP contribution in [0.25, 0.3) is 0 Å².